The Labute approximate surface area is 102 Å². The molecule has 2 heterocycles. The van der Waals surface area contributed by atoms with Crippen molar-refractivity contribution in [3.05, 3.63) is 18.0 Å². The number of piperidine rings is 1. The number of carbonyl (C=O) groups is 1. The van der Waals surface area contributed by atoms with Gasteiger partial charge in [0.05, 0.1) is 5.69 Å². The van der Waals surface area contributed by atoms with Crippen LogP contribution in [0.4, 0.5) is 0 Å². The van der Waals surface area contributed by atoms with E-state index in [1.165, 1.54) is 0 Å². The maximum absolute atomic E-state index is 11.8. The third-order valence-corrected chi connectivity index (χ3v) is 3.16. The van der Waals surface area contributed by atoms with E-state index in [2.05, 4.69) is 22.4 Å². The highest BCUT2D eigenvalue weighted by molar-refractivity contribution is 5.75. The van der Waals surface area contributed by atoms with E-state index >= 15 is 0 Å². The van der Waals surface area contributed by atoms with E-state index in [1.54, 1.807) is 4.68 Å². The lowest BCUT2D eigenvalue weighted by molar-refractivity contribution is -0.122. The first-order valence-corrected chi connectivity index (χ1v) is 6.11. The number of amides is 1. The second-order valence-electron chi connectivity index (χ2n) is 4.80. The largest absolute Gasteiger partial charge is 0.352 e. The number of carbonyl (C=O) groups excluding carboxylic acids is 1. The highest BCUT2D eigenvalue weighted by Gasteiger charge is 2.18. The molecule has 0 aliphatic carbocycles. The fourth-order valence-corrected chi connectivity index (χ4v) is 2.12. The molecule has 1 aliphatic rings. The van der Waals surface area contributed by atoms with Crippen LogP contribution >= 0.6 is 0 Å². The Morgan fingerprint density at radius 2 is 2.24 bits per heavy atom. The van der Waals surface area contributed by atoms with Crippen LogP contribution < -0.4 is 5.32 Å². The predicted molar refractivity (Wildman–Crippen MR) is 65.6 cm³/mol. The van der Waals surface area contributed by atoms with Gasteiger partial charge in [-0.25, -0.2) is 0 Å². The molecule has 1 N–H and O–H groups in total. The summed E-state index contributed by atoms with van der Waals surface area (Å²) in [4.78, 5) is 14.1. The molecular weight excluding hydrogens is 216 g/mol. The Bertz CT molecular complexity index is 380. The first kappa shape index (κ1) is 12.1. The van der Waals surface area contributed by atoms with Crippen LogP contribution in [0.3, 0.4) is 0 Å². The number of aryl methyl sites for hydroxylation is 1. The summed E-state index contributed by atoms with van der Waals surface area (Å²) in [5, 5.41) is 7.27. The SMILES string of the molecule is Cc1ccn(CC(=O)NC2CCN(C)CC2)n1. The van der Waals surface area contributed by atoms with Crippen molar-refractivity contribution < 1.29 is 4.79 Å². The molecule has 0 aromatic carbocycles. The van der Waals surface area contributed by atoms with Crippen molar-refractivity contribution >= 4 is 5.91 Å². The van der Waals surface area contributed by atoms with Crippen molar-refractivity contribution in [1.82, 2.24) is 20.0 Å². The number of aromatic nitrogens is 2. The average molecular weight is 236 g/mol. The lowest BCUT2D eigenvalue weighted by Gasteiger charge is -2.29. The summed E-state index contributed by atoms with van der Waals surface area (Å²) in [5.74, 6) is 0.0580. The van der Waals surface area contributed by atoms with Gasteiger partial charge in [-0.15, -0.1) is 0 Å². The Morgan fingerprint density at radius 3 is 2.82 bits per heavy atom. The molecule has 2 rings (SSSR count). The molecule has 94 valence electrons. The fourth-order valence-electron chi connectivity index (χ4n) is 2.12. The third kappa shape index (κ3) is 3.56. The topological polar surface area (TPSA) is 50.2 Å². The van der Waals surface area contributed by atoms with Crippen molar-refractivity contribution in [2.75, 3.05) is 20.1 Å². The molecule has 1 fully saturated rings. The second-order valence-corrected chi connectivity index (χ2v) is 4.80. The number of hydrogen-bond acceptors (Lipinski definition) is 3. The number of rotatable bonds is 3. The molecule has 1 aromatic rings. The van der Waals surface area contributed by atoms with Crippen molar-refractivity contribution in [1.29, 1.82) is 0 Å². The molecule has 1 saturated heterocycles. The minimum Gasteiger partial charge on any atom is -0.352 e. The number of hydrogen-bond donors (Lipinski definition) is 1. The quantitative estimate of drug-likeness (QED) is 0.826. The molecule has 1 amide bonds. The molecule has 5 heteroatoms. The van der Waals surface area contributed by atoms with Crippen LogP contribution in [0.2, 0.25) is 0 Å². The van der Waals surface area contributed by atoms with Gasteiger partial charge in [-0.2, -0.15) is 5.10 Å². The Morgan fingerprint density at radius 1 is 1.53 bits per heavy atom. The summed E-state index contributed by atoms with van der Waals surface area (Å²) in [6.07, 6.45) is 3.92. The fraction of sp³-hybridized carbons (Fsp3) is 0.667. The molecule has 0 spiro atoms. The molecule has 0 atom stereocenters. The molecule has 1 aliphatic heterocycles. The zero-order valence-corrected chi connectivity index (χ0v) is 10.5. The monoisotopic (exact) mass is 236 g/mol. The summed E-state index contributed by atoms with van der Waals surface area (Å²) >= 11 is 0. The van der Waals surface area contributed by atoms with E-state index in [4.69, 9.17) is 0 Å². The van der Waals surface area contributed by atoms with Crippen molar-refractivity contribution in [2.24, 2.45) is 0 Å². The zero-order chi connectivity index (χ0) is 12.3. The molecule has 17 heavy (non-hydrogen) atoms. The maximum atomic E-state index is 11.8. The van der Waals surface area contributed by atoms with Gasteiger partial charge in [0.15, 0.2) is 0 Å². The van der Waals surface area contributed by atoms with Crippen LogP contribution in [0, 0.1) is 6.92 Å². The average Bonchev–Trinajstić information content (AvgIpc) is 2.67. The van der Waals surface area contributed by atoms with Gasteiger partial charge in [0, 0.05) is 12.2 Å². The standard InChI is InChI=1S/C12H20N4O/c1-10-3-8-16(14-10)9-12(17)13-11-4-6-15(2)7-5-11/h3,8,11H,4-7,9H2,1-2H3,(H,13,17). The molecule has 0 saturated carbocycles. The normalized spacial score (nSPS) is 18.2. The van der Waals surface area contributed by atoms with Gasteiger partial charge in [0.2, 0.25) is 5.91 Å². The first-order valence-electron chi connectivity index (χ1n) is 6.11. The summed E-state index contributed by atoms with van der Waals surface area (Å²) < 4.78 is 1.68. The number of nitrogens with zero attached hydrogens (tertiary/aromatic N) is 3. The van der Waals surface area contributed by atoms with Gasteiger partial charge in [0.25, 0.3) is 0 Å². The lowest BCUT2D eigenvalue weighted by atomic mass is 10.1. The molecular formula is C12H20N4O. The minimum absolute atomic E-state index is 0.0580. The summed E-state index contributed by atoms with van der Waals surface area (Å²) in [6, 6.07) is 2.23. The van der Waals surface area contributed by atoms with Crippen LogP contribution in [-0.2, 0) is 11.3 Å². The summed E-state index contributed by atoms with van der Waals surface area (Å²) in [7, 11) is 2.12. The van der Waals surface area contributed by atoms with E-state index in [9.17, 15) is 4.79 Å². The van der Waals surface area contributed by atoms with Crippen LogP contribution in [0.25, 0.3) is 0 Å². The first-order chi connectivity index (χ1) is 8.13. The van der Waals surface area contributed by atoms with E-state index in [1.807, 2.05) is 19.2 Å². The molecule has 0 unspecified atom stereocenters. The van der Waals surface area contributed by atoms with E-state index in [-0.39, 0.29) is 5.91 Å². The maximum Gasteiger partial charge on any atom is 0.241 e. The Kier molecular flexibility index (Phi) is 3.78. The predicted octanol–water partition coefficient (Wildman–Crippen LogP) is 0.402. The van der Waals surface area contributed by atoms with Crippen LogP contribution in [0.5, 0.6) is 0 Å². The molecule has 1 aromatic heterocycles. The molecule has 0 radical (unpaired) electrons. The van der Waals surface area contributed by atoms with Gasteiger partial charge in [-0.05, 0) is 46.0 Å². The van der Waals surface area contributed by atoms with E-state index < -0.39 is 0 Å². The summed E-state index contributed by atoms with van der Waals surface area (Å²) in [5.41, 5.74) is 0.942. The van der Waals surface area contributed by atoms with Gasteiger partial charge >= 0.3 is 0 Å². The number of likely N-dealkylation sites (tertiary alicyclic amines) is 1. The van der Waals surface area contributed by atoms with Gasteiger partial charge in [-0.3, -0.25) is 9.48 Å². The van der Waals surface area contributed by atoms with E-state index in [0.717, 1.165) is 31.6 Å². The lowest BCUT2D eigenvalue weighted by Crippen LogP contribution is -2.44. The number of nitrogens with one attached hydrogen (secondary N) is 1. The molecule has 5 nitrogen and oxygen atoms in total. The van der Waals surface area contributed by atoms with Gasteiger partial charge in [-0.1, -0.05) is 0 Å². The Balaban J connectivity index is 1.77. The van der Waals surface area contributed by atoms with Crippen molar-refractivity contribution in [3.63, 3.8) is 0 Å². The highest BCUT2D eigenvalue weighted by Crippen LogP contribution is 2.07. The summed E-state index contributed by atoms with van der Waals surface area (Å²) in [6.45, 7) is 4.36. The van der Waals surface area contributed by atoms with Gasteiger partial charge in [0.1, 0.15) is 6.54 Å². The zero-order valence-electron chi connectivity index (χ0n) is 10.5. The minimum atomic E-state index is 0.0580. The van der Waals surface area contributed by atoms with E-state index in [0.29, 0.717) is 12.6 Å². The van der Waals surface area contributed by atoms with Crippen LogP contribution in [-0.4, -0.2) is 46.8 Å². The van der Waals surface area contributed by atoms with Crippen LogP contribution in [0.15, 0.2) is 12.3 Å². The van der Waals surface area contributed by atoms with Crippen molar-refractivity contribution in [3.8, 4) is 0 Å². The highest BCUT2D eigenvalue weighted by atomic mass is 16.2. The third-order valence-electron chi connectivity index (χ3n) is 3.16. The second kappa shape index (κ2) is 5.31. The van der Waals surface area contributed by atoms with Crippen LogP contribution in [0.1, 0.15) is 18.5 Å². The van der Waals surface area contributed by atoms with Crippen molar-refractivity contribution in [2.45, 2.75) is 32.4 Å². The molecule has 0 bridgehead atoms. The van der Waals surface area contributed by atoms with Gasteiger partial charge < -0.3 is 10.2 Å². The smallest absolute Gasteiger partial charge is 0.241 e. The Hall–Kier alpha value is -1.36.